The van der Waals surface area contributed by atoms with Crippen LogP contribution in [-0.4, -0.2) is 4.98 Å². The normalized spacial score (nSPS) is 10.9. The fourth-order valence-corrected chi connectivity index (χ4v) is 2.83. The Morgan fingerprint density at radius 1 is 1.33 bits per heavy atom. The summed E-state index contributed by atoms with van der Waals surface area (Å²) in [4.78, 5) is 4.48. The van der Waals surface area contributed by atoms with Crippen LogP contribution in [0.3, 0.4) is 0 Å². The lowest BCUT2D eigenvalue weighted by Crippen LogP contribution is -1.88. The van der Waals surface area contributed by atoms with Crippen LogP contribution < -0.4 is 0 Å². The third-order valence-electron chi connectivity index (χ3n) is 2.27. The molecule has 1 heterocycles. The summed E-state index contributed by atoms with van der Waals surface area (Å²) in [5.74, 6) is 0. The first-order valence-corrected chi connectivity index (χ1v) is 6.72. The Bertz CT molecular complexity index is 525. The molecule has 78 valence electrons. The lowest BCUT2D eigenvalue weighted by molar-refractivity contribution is 1.26. The minimum absolute atomic E-state index is 0.780. The van der Waals surface area contributed by atoms with E-state index in [0.29, 0.717) is 0 Å². The highest BCUT2D eigenvalue weighted by molar-refractivity contribution is 9.10. The summed E-state index contributed by atoms with van der Waals surface area (Å²) in [6.45, 7) is 1.98. The van der Waals surface area contributed by atoms with E-state index >= 15 is 0 Å². The van der Waals surface area contributed by atoms with Gasteiger partial charge in [-0.2, -0.15) is 0 Å². The summed E-state index contributed by atoms with van der Waals surface area (Å²) in [5, 5.41) is 2.64. The van der Waals surface area contributed by atoms with Gasteiger partial charge in [0.05, 0.1) is 5.52 Å². The van der Waals surface area contributed by atoms with Gasteiger partial charge in [-0.15, -0.1) is 0 Å². The molecule has 1 aromatic heterocycles. The molecule has 1 aromatic carbocycles. The van der Waals surface area contributed by atoms with Gasteiger partial charge in [0.25, 0.3) is 0 Å². The summed E-state index contributed by atoms with van der Waals surface area (Å²) in [7, 11) is 0. The van der Waals surface area contributed by atoms with Crippen molar-refractivity contribution >= 4 is 54.4 Å². The zero-order chi connectivity index (χ0) is 11.0. The lowest BCUT2D eigenvalue weighted by atomic mass is 10.1. The average Bonchev–Trinajstić information content (AvgIpc) is 2.20. The first-order valence-electron chi connectivity index (χ1n) is 4.43. The molecule has 0 saturated carbocycles. The van der Waals surface area contributed by atoms with E-state index in [1.54, 1.807) is 0 Å². The molecule has 0 aliphatic rings. The fourth-order valence-electron chi connectivity index (χ4n) is 1.41. The average molecular weight is 349 g/mol. The number of hydrogen-bond acceptors (Lipinski definition) is 1. The van der Waals surface area contributed by atoms with Crippen molar-refractivity contribution in [3.05, 3.63) is 39.0 Å². The van der Waals surface area contributed by atoms with E-state index < -0.39 is 0 Å². The van der Waals surface area contributed by atoms with Crippen LogP contribution in [0.4, 0.5) is 0 Å². The van der Waals surface area contributed by atoms with Gasteiger partial charge in [-0.3, -0.25) is 0 Å². The van der Waals surface area contributed by atoms with E-state index in [4.69, 9.17) is 11.6 Å². The maximum absolute atomic E-state index is 6.07. The van der Waals surface area contributed by atoms with E-state index in [9.17, 15) is 0 Å². The number of benzene rings is 1. The largest absolute Gasteiger partial charge is 0.241 e. The Hall–Kier alpha value is -0.120. The number of halogens is 3. The molecule has 0 fully saturated rings. The van der Waals surface area contributed by atoms with Crippen LogP contribution in [0, 0.1) is 6.92 Å². The summed E-state index contributed by atoms with van der Waals surface area (Å²) in [6, 6.07) is 6.05. The Labute approximate surface area is 110 Å². The third kappa shape index (κ3) is 2.19. The van der Waals surface area contributed by atoms with Crippen molar-refractivity contribution in [2.45, 2.75) is 12.3 Å². The van der Waals surface area contributed by atoms with Gasteiger partial charge in [0.15, 0.2) is 0 Å². The Morgan fingerprint density at radius 2 is 2.07 bits per heavy atom. The monoisotopic (exact) mass is 347 g/mol. The van der Waals surface area contributed by atoms with Crippen LogP contribution in [0.1, 0.15) is 11.1 Å². The second-order valence-electron chi connectivity index (χ2n) is 3.37. The first-order chi connectivity index (χ1) is 7.11. The third-order valence-corrected chi connectivity index (χ3v) is 3.96. The number of hydrogen-bond donors (Lipinski definition) is 0. The van der Waals surface area contributed by atoms with Gasteiger partial charge in [0, 0.05) is 15.7 Å². The van der Waals surface area contributed by atoms with Gasteiger partial charge in [-0.1, -0.05) is 27.5 Å². The number of pyridine rings is 1. The van der Waals surface area contributed by atoms with Crippen LogP contribution >= 0.6 is 43.5 Å². The van der Waals surface area contributed by atoms with Crippen LogP contribution in [0.2, 0.25) is 5.02 Å². The van der Waals surface area contributed by atoms with Crippen LogP contribution in [-0.2, 0) is 5.33 Å². The summed E-state index contributed by atoms with van der Waals surface area (Å²) < 4.78 is 0.883. The quantitative estimate of drug-likeness (QED) is 0.529. The van der Waals surface area contributed by atoms with Crippen molar-refractivity contribution in [3.63, 3.8) is 0 Å². The van der Waals surface area contributed by atoms with Crippen molar-refractivity contribution in [1.82, 2.24) is 4.98 Å². The van der Waals surface area contributed by atoms with Crippen molar-refractivity contribution in [2.24, 2.45) is 0 Å². The minimum atomic E-state index is 0.780. The lowest BCUT2D eigenvalue weighted by Gasteiger charge is -2.05. The van der Waals surface area contributed by atoms with Gasteiger partial charge >= 0.3 is 0 Å². The second-order valence-corrected chi connectivity index (χ2v) is 5.09. The minimum Gasteiger partial charge on any atom is -0.241 e. The van der Waals surface area contributed by atoms with Crippen molar-refractivity contribution in [2.75, 3.05) is 0 Å². The molecule has 0 unspecified atom stereocenters. The molecule has 0 spiro atoms. The summed E-state index contributed by atoms with van der Waals surface area (Å²) in [5.41, 5.74) is 3.14. The molecule has 4 heteroatoms. The molecule has 0 N–H and O–H groups in total. The van der Waals surface area contributed by atoms with E-state index in [2.05, 4.69) is 42.9 Å². The highest BCUT2D eigenvalue weighted by atomic mass is 79.9. The standard InChI is InChI=1S/C11H8Br2ClN/c1-6-2-10-7(4-9(6)14)3-8(5-12)11(13)15-10/h2-4H,5H2,1H3. The Balaban J connectivity index is 2.76. The number of aromatic nitrogens is 1. The summed E-state index contributed by atoms with van der Waals surface area (Å²) in [6.07, 6.45) is 0. The highest BCUT2D eigenvalue weighted by Gasteiger charge is 2.05. The first kappa shape index (κ1) is 11.4. The van der Waals surface area contributed by atoms with Crippen LogP contribution in [0.25, 0.3) is 10.9 Å². The predicted octanol–water partition coefficient (Wildman–Crippen LogP) is 4.85. The zero-order valence-corrected chi connectivity index (χ0v) is 11.9. The maximum Gasteiger partial charge on any atom is 0.110 e. The smallest absolute Gasteiger partial charge is 0.110 e. The van der Waals surface area contributed by atoms with E-state index in [0.717, 1.165) is 37.0 Å². The molecule has 0 atom stereocenters. The van der Waals surface area contributed by atoms with Gasteiger partial charge in [-0.25, -0.2) is 4.98 Å². The van der Waals surface area contributed by atoms with Gasteiger partial charge < -0.3 is 0 Å². The molecule has 2 aromatic rings. The van der Waals surface area contributed by atoms with Crippen LogP contribution in [0.15, 0.2) is 22.8 Å². The number of fused-ring (bicyclic) bond motifs is 1. The van der Waals surface area contributed by atoms with Crippen molar-refractivity contribution in [3.8, 4) is 0 Å². The number of aryl methyl sites for hydroxylation is 1. The molecule has 0 bridgehead atoms. The van der Waals surface area contributed by atoms with Gasteiger partial charge in [-0.05, 0) is 52.2 Å². The zero-order valence-electron chi connectivity index (χ0n) is 8.02. The maximum atomic E-state index is 6.07. The molecule has 2 rings (SSSR count). The molecule has 0 amide bonds. The number of alkyl halides is 1. The van der Waals surface area contributed by atoms with Gasteiger partial charge in [0.2, 0.25) is 0 Å². The molecule has 0 aliphatic carbocycles. The molecule has 0 aliphatic heterocycles. The molecular weight excluding hydrogens is 341 g/mol. The molecule has 15 heavy (non-hydrogen) atoms. The van der Waals surface area contributed by atoms with E-state index in [-0.39, 0.29) is 0 Å². The molecule has 0 saturated heterocycles. The van der Waals surface area contributed by atoms with Crippen molar-refractivity contribution in [1.29, 1.82) is 0 Å². The van der Waals surface area contributed by atoms with E-state index in [1.807, 2.05) is 19.1 Å². The molecule has 1 nitrogen and oxygen atoms in total. The Kier molecular flexibility index (Phi) is 3.33. The second kappa shape index (κ2) is 4.40. The highest BCUT2D eigenvalue weighted by Crippen LogP contribution is 2.27. The fraction of sp³-hybridized carbons (Fsp3) is 0.182. The predicted molar refractivity (Wildman–Crippen MR) is 71.8 cm³/mol. The number of rotatable bonds is 1. The van der Waals surface area contributed by atoms with Crippen LogP contribution in [0.5, 0.6) is 0 Å². The SMILES string of the molecule is Cc1cc2nc(Br)c(CBr)cc2cc1Cl. The van der Waals surface area contributed by atoms with E-state index in [1.165, 1.54) is 0 Å². The number of nitrogens with zero attached hydrogens (tertiary/aromatic N) is 1. The molecular formula is C11H8Br2ClN. The summed E-state index contributed by atoms with van der Waals surface area (Å²) >= 11 is 12.9. The van der Waals surface area contributed by atoms with Gasteiger partial charge in [0.1, 0.15) is 4.60 Å². The van der Waals surface area contributed by atoms with Crippen molar-refractivity contribution < 1.29 is 0 Å². The topological polar surface area (TPSA) is 12.9 Å². The Morgan fingerprint density at radius 3 is 2.73 bits per heavy atom. The molecule has 0 radical (unpaired) electrons.